The molecule has 4 heteroatoms. The van der Waals surface area contributed by atoms with Gasteiger partial charge in [-0.3, -0.25) is 0 Å². The van der Waals surface area contributed by atoms with Crippen LogP contribution in [0.1, 0.15) is 4.88 Å². The van der Waals surface area contributed by atoms with E-state index in [1.54, 1.807) is 0 Å². The molecule has 1 saturated heterocycles. The molecule has 0 N–H and O–H groups in total. The third-order valence-electron chi connectivity index (χ3n) is 3.11. The summed E-state index contributed by atoms with van der Waals surface area (Å²) in [6.07, 6.45) is 1.97. The summed E-state index contributed by atoms with van der Waals surface area (Å²) in [5, 5.41) is 0. The van der Waals surface area contributed by atoms with Crippen LogP contribution in [0.2, 0.25) is 0 Å². The number of rotatable bonds is 2. The minimum atomic E-state index is 0.799. The first-order chi connectivity index (χ1) is 8.83. The van der Waals surface area contributed by atoms with Crippen LogP contribution in [-0.4, -0.2) is 31.3 Å². The second kappa shape index (κ2) is 5.08. The summed E-state index contributed by atoms with van der Waals surface area (Å²) in [7, 11) is 0. The fraction of sp³-hybridized carbons (Fsp3) is 0.357. The monoisotopic (exact) mass is 260 g/mol. The number of ether oxygens (including phenoxy) is 1. The van der Waals surface area contributed by atoms with Crippen molar-refractivity contribution in [3.8, 4) is 10.4 Å². The Morgan fingerprint density at radius 1 is 1.17 bits per heavy atom. The molecule has 0 aliphatic carbocycles. The first-order valence-electron chi connectivity index (χ1n) is 6.18. The lowest BCUT2D eigenvalue weighted by atomic mass is 10.2. The molecular weight excluding hydrogens is 244 g/mol. The zero-order valence-corrected chi connectivity index (χ0v) is 11.2. The van der Waals surface area contributed by atoms with Crippen molar-refractivity contribution in [3.63, 3.8) is 0 Å². The number of anilines is 1. The summed E-state index contributed by atoms with van der Waals surface area (Å²) in [6.45, 7) is 5.60. The van der Waals surface area contributed by atoms with Crippen molar-refractivity contribution in [2.24, 2.45) is 0 Å². The predicted molar refractivity (Wildman–Crippen MR) is 75.3 cm³/mol. The van der Waals surface area contributed by atoms with Gasteiger partial charge in [0.25, 0.3) is 0 Å². The summed E-state index contributed by atoms with van der Waals surface area (Å²) in [4.78, 5) is 9.46. The molecule has 0 saturated carbocycles. The molecule has 0 bridgehead atoms. The number of hydrogen-bond acceptors (Lipinski definition) is 4. The van der Waals surface area contributed by atoms with Gasteiger partial charge in [-0.2, -0.15) is 0 Å². The first kappa shape index (κ1) is 11.7. The summed E-state index contributed by atoms with van der Waals surface area (Å²) < 4.78 is 5.35. The third-order valence-corrected chi connectivity index (χ3v) is 4.16. The molecule has 94 valence electrons. The highest BCUT2D eigenvalue weighted by Gasteiger charge is 2.12. The highest BCUT2D eigenvalue weighted by Crippen LogP contribution is 2.28. The van der Waals surface area contributed by atoms with Gasteiger partial charge in [-0.15, -0.1) is 11.3 Å². The number of hydrogen-bond donors (Lipinski definition) is 0. The number of aryl methyl sites for hydroxylation is 1. The Labute approximate surface area is 111 Å². The summed E-state index contributed by atoms with van der Waals surface area (Å²) in [5.74, 6) is 1.05. The topological polar surface area (TPSA) is 25.4 Å². The van der Waals surface area contributed by atoms with E-state index in [1.807, 2.05) is 17.5 Å². The van der Waals surface area contributed by atoms with Crippen LogP contribution in [-0.2, 0) is 4.74 Å². The Morgan fingerprint density at radius 3 is 2.61 bits per heavy atom. The van der Waals surface area contributed by atoms with Gasteiger partial charge in [0.2, 0.25) is 0 Å². The molecule has 0 aromatic carbocycles. The normalized spacial score (nSPS) is 15.9. The lowest BCUT2D eigenvalue weighted by molar-refractivity contribution is 0.122. The molecule has 1 aliphatic rings. The van der Waals surface area contributed by atoms with Crippen LogP contribution in [0.5, 0.6) is 0 Å². The van der Waals surface area contributed by atoms with Crippen molar-refractivity contribution in [1.82, 2.24) is 4.98 Å². The smallest absolute Gasteiger partial charge is 0.128 e. The van der Waals surface area contributed by atoms with Crippen molar-refractivity contribution < 1.29 is 4.74 Å². The highest BCUT2D eigenvalue weighted by atomic mass is 32.1. The number of thiophene rings is 1. The SMILES string of the molecule is Cc1ccc(-c2ccc(N3CCOCC3)nc2)s1. The maximum absolute atomic E-state index is 5.35. The average molecular weight is 260 g/mol. The molecule has 18 heavy (non-hydrogen) atoms. The zero-order valence-electron chi connectivity index (χ0n) is 10.4. The van der Waals surface area contributed by atoms with Gasteiger partial charge in [0.1, 0.15) is 5.82 Å². The molecule has 3 nitrogen and oxygen atoms in total. The standard InChI is InChI=1S/C14H16N2OS/c1-11-2-4-13(18-11)12-3-5-14(15-10-12)16-6-8-17-9-7-16/h2-5,10H,6-9H2,1H3. The molecule has 0 spiro atoms. The third kappa shape index (κ3) is 2.40. The minimum absolute atomic E-state index is 0.799. The van der Waals surface area contributed by atoms with Gasteiger partial charge in [0.05, 0.1) is 13.2 Å². The van der Waals surface area contributed by atoms with Crippen LogP contribution in [0, 0.1) is 6.92 Å². The van der Waals surface area contributed by atoms with E-state index in [2.05, 4.69) is 41.1 Å². The predicted octanol–water partition coefficient (Wildman–Crippen LogP) is 2.96. The van der Waals surface area contributed by atoms with Crippen LogP contribution >= 0.6 is 11.3 Å². The average Bonchev–Trinajstić information content (AvgIpc) is 2.87. The highest BCUT2D eigenvalue weighted by molar-refractivity contribution is 7.15. The fourth-order valence-corrected chi connectivity index (χ4v) is 2.96. The summed E-state index contributed by atoms with van der Waals surface area (Å²) in [6, 6.07) is 8.57. The number of aromatic nitrogens is 1. The molecule has 0 unspecified atom stereocenters. The molecule has 3 rings (SSSR count). The Hall–Kier alpha value is -1.39. The molecule has 0 radical (unpaired) electrons. The number of pyridine rings is 1. The quantitative estimate of drug-likeness (QED) is 0.830. The van der Waals surface area contributed by atoms with Crippen LogP contribution in [0.4, 0.5) is 5.82 Å². The largest absolute Gasteiger partial charge is 0.378 e. The molecule has 2 aromatic heterocycles. The van der Waals surface area contributed by atoms with E-state index >= 15 is 0 Å². The molecule has 0 atom stereocenters. The lowest BCUT2D eigenvalue weighted by Crippen LogP contribution is -2.36. The molecular formula is C14H16N2OS. The van der Waals surface area contributed by atoms with Gasteiger partial charge in [-0.05, 0) is 31.2 Å². The van der Waals surface area contributed by atoms with Crippen LogP contribution in [0.3, 0.4) is 0 Å². The summed E-state index contributed by atoms with van der Waals surface area (Å²) >= 11 is 1.81. The Balaban J connectivity index is 1.80. The molecule has 1 aliphatic heterocycles. The van der Waals surface area contributed by atoms with Gasteiger partial charge < -0.3 is 9.64 Å². The molecule has 1 fully saturated rings. The number of nitrogens with zero attached hydrogens (tertiary/aromatic N) is 2. The van der Waals surface area contributed by atoms with E-state index in [4.69, 9.17) is 4.74 Å². The van der Waals surface area contributed by atoms with Gasteiger partial charge in [0.15, 0.2) is 0 Å². The van der Waals surface area contributed by atoms with E-state index in [-0.39, 0.29) is 0 Å². The van der Waals surface area contributed by atoms with Gasteiger partial charge in [-0.1, -0.05) is 0 Å². The van der Waals surface area contributed by atoms with Crippen LogP contribution in [0.15, 0.2) is 30.5 Å². The zero-order chi connectivity index (χ0) is 12.4. The molecule has 2 aromatic rings. The number of morpholine rings is 1. The maximum Gasteiger partial charge on any atom is 0.128 e. The first-order valence-corrected chi connectivity index (χ1v) is 7.00. The van der Waals surface area contributed by atoms with Crippen molar-refractivity contribution in [2.45, 2.75) is 6.92 Å². The van der Waals surface area contributed by atoms with Gasteiger partial charge >= 0.3 is 0 Å². The van der Waals surface area contributed by atoms with Gasteiger partial charge in [0, 0.05) is 34.6 Å². The maximum atomic E-state index is 5.35. The van der Waals surface area contributed by atoms with Crippen LogP contribution in [0.25, 0.3) is 10.4 Å². The van der Waals surface area contributed by atoms with E-state index in [9.17, 15) is 0 Å². The van der Waals surface area contributed by atoms with Gasteiger partial charge in [-0.25, -0.2) is 4.98 Å². The fourth-order valence-electron chi connectivity index (χ4n) is 2.10. The second-order valence-corrected chi connectivity index (χ2v) is 5.70. The van der Waals surface area contributed by atoms with E-state index < -0.39 is 0 Å². The Morgan fingerprint density at radius 2 is 2.00 bits per heavy atom. The van der Waals surface area contributed by atoms with Crippen molar-refractivity contribution in [3.05, 3.63) is 35.3 Å². The van der Waals surface area contributed by atoms with E-state index in [1.165, 1.54) is 15.3 Å². The second-order valence-electron chi connectivity index (χ2n) is 4.41. The Bertz CT molecular complexity index is 515. The van der Waals surface area contributed by atoms with Crippen molar-refractivity contribution in [2.75, 3.05) is 31.2 Å². The van der Waals surface area contributed by atoms with Crippen molar-refractivity contribution >= 4 is 17.2 Å². The van der Waals surface area contributed by atoms with E-state index in [0.717, 1.165) is 32.1 Å². The summed E-state index contributed by atoms with van der Waals surface area (Å²) in [5.41, 5.74) is 1.20. The van der Waals surface area contributed by atoms with E-state index in [0.29, 0.717) is 0 Å². The van der Waals surface area contributed by atoms with Crippen LogP contribution < -0.4 is 4.90 Å². The lowest BCUT2D eigenvalue weighted by Gasteiger charge is -2.27. The molecule has 0 amide bonds. The molecule has 3 heterocycles. The Kier molecular flexibility index (Phi) is 3.30. The van der Waals surface area contributed by atoms with Crippen molar-refractivity contribution in [1.29, 1.82) is 0 Å². The minimum Gasteiger partial charge on any atom is -0.378 e.